The summed E-state index contributed by atoms with van der Waals surface area (Å²) >= 11 is 0. The second-order valence-electron chi connectivity index (χ2n) is 11.6. The summed E-state index contributed by atoms with van der Waals surface area (Å²) < 4.78 is 246. The maximum Gasteiger partial charge on any atom is 0.143 e. The second kappa shape index (κ2) is 13.4. The van der Waals surface area contributed by atoms with Gasteiger partial charge in [0.25, 0.3) is 0 Å². The highest BCUT2D eigenvalue weighted by Crippen LogP contribution is 2.44. The molecule has 10 aromatic rings. The molecular weight excluding hydrogens is 655 g/mol. The van der Waals surface area contributed by atoms with E-state index < -0.39 is 208 Å². The summed E-state index contributed by atoms with van der Waals surface area (Å²) in [6.45, 7) is 0. The van der Waals surface area contributed by atoms with Gasteiger partial charge in [0.2, 0.25) is 0 Å². The highest BCUT2D eigenvalue weighted by molar-refractivity contribution is 6.22. The molecule has 0 spiro atoms. The Morgan fingerprint density at radius 3 is 1.44 bits per heavy atom. The van der Waals surface area contributed by atoms with Gasteiger partial charge >= 0.3 is 0 Å². The van der Waals surface area contributed by atoms with Crippen molar-refractivity contribution in [1.29, 1.82) is 0 Å². The van der Waals surface area contributed by atoms with Crippen LogP contribution in [0.2, 0.25) is 0 Å². The van der Waals surface area contributed by atoms with Crippen molar-refractivity contribution in [2.75, 3.05) is 4.90 Å². The third-order valence-electron chi connectivity index (χ3n) is 8.55. The number of benzene rings is 9. The molecule has 0 saturated carbocycles. The van der Waals surface area contributed by atoms with Gasteiger partial charge in [-0.25, -0.2) is 0 Å². The van der Waals surface area contributed by atoms with Crippen molar-refractivity contribution in [1.82, 2.24) is 0 Å². The second-order valence-corrected chi connectivity index (χ2v) is 11.6. The van der Waals surface area contributed by atoms with Crippen LogP contribution in [0.1, 0.15) is 37.0 Å². The highest BCUT2D eigenvalue weighted by Gasteiger charge is 2.19. The molecule has 254 valence electrons. The first-order chi connectivity index (χ1) is 38.0. The van der Waals surface area contributed by atoms with E-state index in [1.54, 1.807) is 30.3 Å². The van der Waals surface area contributed by atoms with E-state index >= 15 is 0 Å². The number of nitrogens with zero attached hydrogens (tertiary/aromatic N) is 1. The fourth-order valence-electron chi connectivity index (χ4n) is 6.17. The number of fused-ring (bicyclic) bond motifs is 5. The zero-order valence-electron chi connectivity index (χ0n) is 54.5. The molecule has 54 heavy (non-hydrogen) atoms. The van der Waals surface area contributed by atoms with Crippen molar-refractivity contribution in [3.05, 3.63) is 212 Å². The van der Waals surface area contributed by atoms with Gasteiger partial charge in [0.05, 0.1) is 37.0 Å². The molecule has 0 unspecified atom stereocenters. The minimum Gasteiger partial charge on any atom is -0.455 e. The molecule has 0 bridgehead atoms. The maximum absolute atomic E-state index is 9.70. The first kappa shape index (κ1) is 14.3. The minimum absolute atomic E-state index is 0.00294. The van der Waals surface area contributed by atoms with E-state index in [0.29, 0.717) is 10.3 Å². The fraction of sp³-hybridized carbons (Fsp3) is 0. The normalized spacial score (nSPS) is 18.3. The van der Waals surface area contributed by atoms with Crippen LogP contribution in [-0.4, -0.2) is 0 Å². The lowest BCUT2D eigenvalue weighted by atomic mass is 9.93. The van der Waals surface area contributed by atoms with Crippen LogP contribution in [0.25, 0.3) is 77.2 Å². The number of hydrogen-bond donors (Lipinski definition) is 0. The molecule has 1 aromatic heterocycles. The van der Waals surface area contributed by atoms with E-state index in [9.17, 15) is 11.0 Å². The van der Waals surface area contributed by atoms with Gasteiger partial charge in [0.1, 0.15) is 11.2 Å². The van der Waals surface area contributed by atoms with E-state index in [1.165, 1.54) is 18.2 Å². The molecule has 2 nitrogen and oxygen atoms in total. The molecule has 0 fully saturated rings. The number of hydrogen-bond acceptors (Lipinski definition) is 2. The number of anilines is 3. The van der Waals surface area contributed by atoms with Crippen molar-refractivity contribution in [3.63, 3.8) is 0 Å². The lowest BCUT2D eigenvalue weighted by molar-refractivity contribution is 0.673. The van der Waals surface area contributed by atoms with E-state index in [4.69, 9.17) is 30.5 Å². The van der Waals surface area contributed by atoms with Crippen molar-refractivity contribution in [2.24, 2.45) is 0 Å². The molecule has 0 atom stereocenters. The van der Waals surface area contributed by atoms with Crippen LogP contribution in [0.15, 0.2) is 216 Å². The Kier molecular flexibility index (Phi) is 3.57. The van der Waals surface area contributed by atoms with Crippen LogP contribution in [0.3, 0.4) is 0 Å². The summed E-state index contributed by atoms with van der Waals surface area (Å²) in [6.07, 6.45) is 0. The molecule has 1 heterocycles. The molecule has 0 saturated heterocycles. The summed E-state index contributed by atoms with van der Waals surface area (Å²) in [5.41, 5.74) is -5.81. The predicted molar refractivity (Wildman–Crippen MR) is 228 cm³/mol. The summed E-state index contributed by atoms with van der Waals surface area (Å²) in [6, 6.07) is -11.5. The van der Waals surface area contributed by atoms with Crippen molar-refractivity contribution in [2.45, 2.75) is 0 Å². The smallest absolute Gasteiger partial charge is 0.143 e. The number of para-hydroxylation sites is 1. The molecule has 9 aromatic carbocycles. The van der Waals surface area contributed by atoms with Crippen LogP contribution in [-0.2, 0) is 0 Å². The van der Waals surface area contributed by atoms with Gasteiger partial charge in [-0.3, -0.25) is 0 Å². The average molecular weight is 717 g/mol. The van der Waals surface area contributed by atoms with Crippen LogP contribution in [0.5, 0.6) is 0 Å². The van der Waals surface area contributed by atoms with Crippen LogP contribution in [0.4, 0.5) is 17.1 Å². The maximum atomic E-state index is 9.70. The topological polar surface area (TPSA) is 16.4 Å². The van der Waals surface area contributed by atoms with E-state index in [0.717, 1.165) is 0 Å². The lowest BCUT2D eigenvalue weighted by Crippen LogP contribution is -2.09. The van der Waals surface area contributed by atoms with E-state index in [1.807, 2.05) is 0 Å². The van der Waals surface area contributed by atoms with Gasteiger partial charge in [0, 0.05) is 33.2 Å². The zero-order valence-corrected chi connectivity index (χ0v) is 27.5. The van der Waals surface area contributed by atoms with Crippen molar-refractivity contribution < 1.29 is 41.4 Å². The summed E-state index contributed by atoms with van der Waals surface area (Å²) in [5.74, 6) is 0. The third-order valence-corrected chi connectivity index (χ3v) is 8.55. The Balaban J connectivity index is 1.26. The molecule has 0 aliphatic carbocycles. The summed E-state index contributed by atoms with van der Waals surface area (Å²) in [7, 11) is 0. The lowest BCUT2D eigenvalue weighted by Gasteiger charge is -2.26. The first-order valence-electron chi connectivity index (χ1n) is 29.7. The van der Waals surface area contributed by atoms with Gasteiger partial charge < -0.3 is 9.32 Å². The molecule has 2 heteroatoms. The minimum atomic E-state index is -1.12. The average Bonchev–Trinajstić information content (AvgIpc) is 4.00. The van der Waals surface area contributed by atoms with Crippen LogP contribution < -0.4 is 4.90 Å². The van der Waals surface area contributed by atoms with Crippen molar-refractivity contribution in [3.8, 4) is 44.5 Å². The first-order valence-corrected chi connectivity index (χ1v) is 16.2. The van der Waals surface area contributed by atoms with Gasteiger partial charge in [-0.2, -0.15) is 0 Å². The standard InChI is InChI=1S/C52H35NO/c1-4-13-36(14-5-1)38-23-25-40(26-24-38)45-21-12-22-50-51(45)49-35-48(46-19-10-11-20-47(46)52(49)54-50)41-29-33-44(34-30-41)53(42-17-8-3-9-18-42)43-31-27-39(28-32-43)37-15-6-2-7-16-37/h1-35H/i1D,2D,3D,4D,5D,6D,7D,8D,9D,13D,14D,15D,16D,17D,18D,23D,24D,25D,26D,27D,28D,29D,30D,31D,32D,33D,34D. The third kappa shape index (κ3) is 5.62. The van der Waals surface area contributed by atoms with E-state index in [2.05, 4.69) is 0 Å². The molecule has 10 rings (SSSR count). The van der Waals surface area contributed by atoms with Gasteiger partial charge in [-0.1, -0.05) is 163 Å². The molecule has 0 radical (unpaired) electrons. The SMILES string of the molecule is [2H]c1c([2H])c([2H])c(-c2c([2H])c([2H])c(-c3cccc4oc5c6ccccc6c(-c6c([2H])c([2H])c(N(c7c([2H])c([2H])c([2H])c([2H])c7[2H])c7c([2H])c([2H])c(-c8c([2H])c([2H])c([2H])c([2H])c8[2H])c([2H])c7[2H])c([2H])c6[2H])cc5c34)c([2H])c2[2H])c([2H])c1[2H]. The highest BCUT2D eigenvalue weighted by atomic mass is 16.3. The predicted octanol–water partition coefficient (Wildman–Crippen LogP) is 14.9. The Morgan fingerprint density at radius 2 is 0.833 bits per heavy atom. The number of rotatable bonds is 7. The number of furan rings is 1. The largest absolute Gasteiger partial charge is 0.455 e. The Labute approximate surface area is 352 Å². The van der Waals surface area contributed by atoms with Crippen LogP contribution >= 0.6 is 0 Å². The molecule has 0 amide bonds. The fourth-order valence-corrected chi connectivity index (χ4v) is 6.17. The van der Waals surface area contributed by atoms with E-state index in [-0.39, 0.29) is 44.0 Å². The van der Waals surface area contributed by atoms with Crippen LogP contribution in [0, 0.1) is 0 Å². The Hall–Kier alpha value is -7.16. The van der Waals surface area contributed by atoms with Gasteiger partial charge in [-0.15, -0.1) is 0 Å². The quantitative estimate of drug-likeness (QED) is 0.163. The molecular formula is C52H35NO. The van der Waals surface area contributed by atoms with Gasteiger partial charge in [0.15, 0.2) is 0 Å². The Bertz CT molecular complexity index is 4340. The molecule has 0 aliphatic heterocycles. The molecule has 0 aliphatic rings. The zero-order chi connectivity index (χ0) is 59.3. The Morgan fingerprint density at radius 1 is 0.370 bits per heavy atom. The summed E-state index contributed by atoms with van der Waals surface area (Å²) in [4.78, 5) is 0.482. The van der Waals surface area contributed by atoms with Gasteiger partial charge in [-0.05, 0) is 98.3 Å². The summed E-state index contributed by atoms with van der Waals surface area (Å²) in [5, 5.41) is 0.959. The monoisotopic (exact) mass is 716 g/mol. The van der Waals surface area contributed by atoms with Crippen molar-refractivity contribution >= 4 is 49.8 Å². The molecule has 0 N–H and O–H groups in total.